The number of hydrogen-bond acceptors (Lipinski definition) is 4. The highest BCUT2D eigenvalue weighted by atomic mass is 79.9. The summed E-state index contributed by atoms with van der Waals surface area (Å²) < 4.78 is 6.48. The van der Waals surface area contributed by atoms with Crippen LogP contribution in [-0.2, 0) is 0 Å². The normalized spacial score (nSPS) is 19.2. The third-order valence-electron chi connectivity index (χ3n) is 3.86. The fraction of sp³-hybridized carbons (Fsp3) is 0.625. The Morgan fingerprint density at radius 3 is 2.76 bits per heavy atom. The summed E-state index contributed by atoms with van der Waals surface area (Å²) in [6.07, 6.45) is 4.51. The fourth-order valence-corrected chi connectivity index (χ4v) is 3.04. The smallest absolute Gasteiger partial charge is 0.120 e. The van der Waals surface area contributed by atoms with E-state index in [4.69, 9.17) is 4.74 Å². The maximum Gasteiger partial charge on any atom is 0.120 e. The molecule has 4 nitrogen and oxygen atoms in total. The van der Waals surface area contributed by atoms with E-state index in [0.717, 1.165) is 35.9 Å². The van der Waals surface area contributed by atoms with E-state index in [2.05, 4.69) is 21.2 Å². The van der Waals surface area contributed by atoms with Gasteiger partial charge < -0.3 is 20.3 Å². The van der Waals surface area contributed by atoms with Crippen molar-refractivity contribution in [3.63, 3.8) is 0 Å². The average molecular weight is 358 g/mol. The van der Waals surface area contributed by atoms with Crippen LogP contribution in [0.3, 0.4) is 0 Å². The Bertz CT molecular complexity index is 435. The lowest BCUT2D eigenvalue weighted by molar-refractivity contribution is 0.00142. The van der Waals surface area contributed by atoms with E-state index in [1.165, 1.54) is 6.42 Å². The number of aliphatic hydroxyl groups is 2. The largest absolute Gasteiger partial charge is 0.491 e. The van der Waals surface area contributed by atoms with Gasteiger partial charge in [0.2, 0.25) is 0 Å². The maximum absolute atomic E-state index is 10.3. The van der Waals surface area contributed by atoms with Crippen LogP contribution < -0.4 is 10.1 Å². The molecule has 1 aliphatic rings. The van der Waals surface area contributed by atoms with Gasteiger partial charge in [0.05, 0.1) is 5.60 Å². The molecule has 5 heteroatoms. The summed E-state index contributed by atoms with van der Waals surface area (Å²) in [6, 6.07) is 7.54. The zero-order valence-corrected chi connectivity index (χ0v) is 13.8. The monoisotopic (exact) mass is 357 g/mol. The predicted molar refractivity (Wildman–Crippen MR) is 86.5 cm³/mol. The Morgan fingerprint density at radius 1 is 1.29 bits per heavy atom. The van der Waals surface area contributed by atoms with Gasteiger partial charge in [-0.25, -0.2) is 0 Å². The predicted octanol–water partition coefficient (Wildman–Crippen LogP) is 2.47. The molecule has 0 heterocycles. The molecule has 0 spiro atoms. The van der Waals surface area contributed by atoms with E-state index in [9.17, 15) is 10.2 Å². The Kier molecular flexibility index (Phi) is 6.48. The lowest BCUT2D eigenvalue weighted by atomic mass is 9.85. The van der Waals surface area contributed by atoms with E-state index in [1.807, 2.05) is 24.3 Å². The Morgan fingerprint density at radius 2 is 2.05 bits per heavy atom. The van der Waals surface area contributed by atoms with Crippen LogP contribution in [0.4, 0.5) is 0 Å². The molecule has 1 aromatic rings. The molecule has 0 radical (unpaired) electrons. The summed E-state index contributed by atoms with van der Waals surface area (Å²) in [5, 5.41) is 23.4. The van der Waals surface area contributed by atoms with Gasteiger partial charge in [-0.1, -0.05) is 41.3 Å². The number of nitrogens with one attached hydrogen (secondary N) is 1. The molecular weight excluding hydrogens is 334 g/mol. The van der Waals surface area contributed by atoms with Crippen molar-refractivity contribution in [2.45, 2.75) is 43.8 Å². The molecule has 1 aliphatic carbocycles. The minimum atomic E-state index is -0.594. The molecule has 0 aromatic heterocycles. The topological polar surface area (TPSA) is 61.7 Å². The molecule has 3 N–H and O–H groups in total. The second kappa shape index (κ2) is 8.13. The number of hydrogen-bond donors (Lipinski definition) is 3. The highest BCUT2D eigenvalue weighted by Crippen LogP contribution is 2.27. The molecule has 0 saturated heterocycles. The van der Waals surface area contributed by atoms with Crippen molar-refractivity contribution >= 4 is 15.9 Å². The molecule has 1 fully saturated rings. The van der Waals surface area contributed by atoms with Crippen molar-refractivity contribution in [2.24, 2.45) is 0 Å². The summed E-state index contributed by atoms with van der Waals surface area (Å²) >= 11 is 3.38. The van der Waals surface area contributed by atoms with Gasteiger partial charge in [-0.05, 0) is 31.0 Å². The van der Waals surface area contributed by atoms with Crippen LogP contribution in [0.15, 0.2) is 28.7 Å². The van der Waals surface area contributed by atoms with Gasteiger partial charge in [0.25, 0.3) is 0 Å². The van der Waals surface area contributed by atoms with Crippen molar-refractivity contribution in [3.05, 3.63) is 28.7 Å². The molecule has 1 saturated carbocycles. The first kappa shape index (κ1) is 16.7. The van der Waals surface area contributed by atoms with Gasteiger partial charge in [0.1, 0.15) is 18.5 Å². The van der Waals surface area contributed by atoms with Gasteiger partial charge in [-0.2, -0.15) is 0 Å². The van der Waals surface area contributed by atoms with E-state index in [-0.39, 0.29) is 6.61 Å². The van der Waals surface area contributed by atoms with Crippen LogP contribution in [-0.4, -0.2) is 41.6 Å². The van der Waals surface area contributed by atoms with Gasteiger partial charge >= 0.3 is 0 Å². The third kappa shape index (κ3) is 5.94. The molecule has 118 valence electrons. The zero-order chi connectivity index (χ0) is 15.1. The van der Waals surface area contributed by atoms with E-state index in [0.29, 0.717) is 13.1 Å². The molecule has 0 aliphatic heterocycles. The first-order valence-corrected chi connectivity index (χ1v) is 8.36. The number of halogens is 1. The lowest BCUT2D eigenvalue weighted by Gasteiger charge is -2.32. The second-order valence-corrected chi connectivity index (χ2v) is 6.75. The molecule has 21 heavy (non-hydrogen) atoms. The van der Waals surface area contributed by atoms with E-state index < -0.39 is 11.7 Å². The number of rotatable bonds is 7. The zero-order valence-electron chi connectivity index (χ0n) is 12.2. The summed E-state index contributed by atoms with van der Waals surface area (Å²) in [5.74, 6) is 0.731. The highest BCUT2D eigenvalue weighted by molar-refractivity contribution is 9.10. The van der Waals surface area contributed by atoms with Gasteiger partial charge in [-0.15, -0.1) is 0 Å². The van der Waals surface area contributed by atoms with E-state index >= 15 is 0 Å². The van der Waals surface area contributed by atoms with Crippen molar-refractivity contribution in [3.8, 4) is 5.75 Å². The van der Waals surface area contributed by atoms with Crippen molar-refractivity contribution < 1.29 is 14.9 Å². The molecule has 1 unspecified atom stereocenters. The van der Waals surface area contributed by atoms with Crippen LogP contribution >= 0.6 is 15.9 Å². The second-order valence-electron chi connectivity index (χ2n) is 5.84. The standard InChI is InChI=1S/C16H24BrNO3/c17-13-5-4-6-15(9-13)21-11-14(19)10-18-12-16(20)7-2-1-3-8-16/h4-6,9,14,18-20H,1-3,7-8,10-12H2. The summed E-state index contributed by atoms with van der Waals surface area (Å²) in [7, 11) is 0. The van der Waals surface area contributed by atoms with Crippen LogP contribution in [0.1, 0.15) is 32.1 Å². The Hall–Kier alpha value is -0.620. The third-order valence-corrected chi connectivity index (χ3v) is 4.35. The van der Waals surface area contributed by atoms with Gasteiger partial charge in [-0.3, -0.25) is 0 Å². The molecule has 0 bridgehead atoms. The fourth-order valence-electron chi connectivity index (χ4n) is 2.67. The van der Waals surface area contributed by atoms with Gasteiger partial charge in [0.15, 0.2) is 0 Å². The minimum Gasteiger partial charge on any atom is -0.491 e. The van der Waals surface area contributed by atoms with E-state index in [1.54, 1.807) is 0 Å². The molecular formula is C16H24BrNO3. The molecule has 2 rings (SSSR count). The first-order chi connectivity index (χ1) is 10.1. The molecule has 0 amide bonds. The van der Waals surface area contributed by atoms with Crippen molar-refractivity contribution in [2.75, 3.05) is 19.7 Å². The number of benzene rings is 1. The summed E-state index contributed by atoms with van der Waals surface area (Å²) in [4.78, 5) is 0. The minimum absolute atomic E-state index is 0.238. The Balaban J connectivity index is 1.64. The average Bonchev–Trinajstić information content (AvgIpc) is 2.46. The maximum atomic E-state index is 10.3. The van der Waals surface area contributed by atoms with Crippen LogP contribution in [0, 0.1) is 0 Å². The molecule has 1 aromatic carbocycles. The SMILES string of the molecule is OC(CNCC1(O)CCCCC1)COc1cccc(Br)c1. The summed E-state index contributed by atoms with van der Waals surface area (Å²) in [5.41, 5.74) is -0.594. The van der Waals surface area contributed by atoms with Crippen LogP contribution in [0.5, 0.6) is 5.75 Å². The van der Waals surface area contributed by atoms with Crippen molar-refractivity contribution in [1.82, 2.24) is 5.32 Å². The molecule has 1 atom stereocenters. The number of ether oxygens (including phenoxy) is 1. The van der Waals surface area contributed by atoms with Gasteiger partial charge in [0, 0.05) is 17.6 Å². The first-order valence-electron chi connectivity index (χ1n) is 7.57. The Labute approximate surface area is 134 Å². The van der Waals surface area contributed by atoms with Crippen molar-refractivity contribution in [1.29, 1.82) is 0 Å². The highest BCUT2D eigenvalue weighted by Gasteiger charge is 2.28. The lowest BCUT2D eigenvalue weighted by Crippen LogP contribution is -2.44. The van der Waals surface area contributed by atoms with Crippen LogP contribution in [0.2, 0.25) is 0 Å². The van der Waals surface area contributed by atoms with Crippen LogP contribution in [0.25, 0.3) is 0 Å². The number of aliphatic hydroxyl groups excluding tert-OH is 1. The summed E-state index contributed by atoms with van der Waals surface area (Å²) in [6.45, 7) is 1.21. The quantitative estimate of drug-likeness (QED) is 0.701.